The van der Waals surface area contributed by atoms with Crippen molar-refractivity contribution in [2.24, 2.45) is 0 Å². The number of rotatable bonds is 9. The number of thiazole rings is 1. The molecule has 0 saturated carbocycles. The molecule has 0 saturated heterocycles. The number of aromatic carboxylic acids is 1. The van der Waals surface area contributed by atoms with Gasteiger partial charge in [0.15, 0.2) is 11.7 Å². The Balaban J connectivity index is 0.00000150. The van der Waals surface area contributed by atoms with E-state index in [0.29, 0.717) is 28.1 Å². The van der Waals surface area contributed by atoms with Crippen LogP contribution in [-0.2, 0) is 0 Å². The van der Waals surface area contributed by atoms with Gasteiger partial charge in [-0.1, -0.05) is 30.9 Å². The van der Waals surface area contributed by atoms with Crippen LogP contribution in [0.3, 0.4) is 0 Å². The van der Waals surface area contributed by atoms with E-state index in [1.807, 2.05) is 6.92 Å². The molecule has 0 aliphatic rings. The van der Waals surface area contributed by atoms with Gasteiger partial charge in [-0.25, -0.2) is 4.79 Å². The summed E-state index contributed by atoms with van der Waals surface area (Å²) in [6, 6.07) is 9.08. The number of carbonyl (C=O) groups is 2. The minimum absolute atomic E-state index is 0. The van der Waals surface area contributed by atoms with Crippen molar-refractivity contribution < 1.29 is 74.1 Å². The van der Waals surface area contributed by atoms with E-state index in [0.717, 1.165) is 24.2 Å². The van der Waals surface area contributed by atoms with Crippen LogP contribution in [0.15, 0.2) is 41.8 Å². The fraction of sp³-hybridized carbons (Fsp3) is 0.192. The first-order valence-electron chi connectivity index (χ1n) is 11.2. The van der Waals surface area contributed by atoms with E-state index in [1.165, 1.54) is 30.7 Å². The van der Waals surface area contributed by atoms with Crippen LogP contribution in [-0.4, -0.2) is 39.4 Å². The molecular weight excluding hydrogens is 777 g/mol. The minimum Gasteiger partial charge on any atom is -0.494 e. The number of methoxy groups -OCH3 is 1. The average molecular weight is 803 g/mol. The number of ether oxygens (including phenoxy) is 1. The van der Waals surface area contributed by atoms with Gasteiger partial charge in [0.1, 0.15) is 22.1 Å². The summed E-state index contributed by atoms with van der Waals surface area (Å²) in [7, 11) is 1.33. The number of unbranched alkanes of at least 4 members (excludes halogenated alkanes) is 1. The summed E-state index contributed by atoms with van der Waals surface area (Å²) in [5.74, 6) is 4.67. The molecule has 40 heavy (non-hydrogen) atoms. The molecule has 0 radical (unpaired) electrons. The molecule has 0 atom stereocenters. The molecule has 1 heterocycles. The van der Waals surface area contributed by atoms with E-state index in [-0.39, 0.29) is 59.7 Å². The van der Waals surface area contributed by atoms with Crippen molar-refractivity contribution in [3.05, 3.63) is 82.6 Å². The number of ketones is 1. The van der Waals surface area contributed by atoms with Crippen molar-refractivity contribution in [3.8, 4) is 17.6 Å². The maximum atomic E-state index is 12.3. The van der Waals surface area contributed by atoms with Crippen LogP contribution in [0.25, 0.3) is 0 Å². The van der Waals surface area contributed by atoms with Crippen molar-refractivity contribution in [2.75, 3.05) is 12.5 Å². The topological polar surface area (TPSA) is 129 Å². The molecule has 0 spiro atoms. The van der Waals surface area contributed by atoms with Crippen molar-refractivity contribution in [1.82, 2.24) is 9.90 Å². The third-order valence-electron chi connectivity index (χ3n) is 5.01. The molecule has 0 aliphatic carbocycles. The molecule has 0 aliphatic heterocycles. The molecule has 3 rings (SSSR count). The summed E-state index contributed by atoms with van der Waals surface area (Å²) < 4.78 is 33.9. The van der Waals surface area contributed by atoms with Gasteiger partial charge in [-0.05, 0) is 42.5 Å². The molecule has 0 bridgehead atoms. The van der Waals surface area contributed by atoms with Gasteiger partial charge in [0.05, 0.1) is 18.1 Å². The van der Waals surface area contributed by atoms with E-state index < -0.39 is 17.6 Å². The Labute approximate surface area is 256 Å². The van der Waals surface area contributed by atoms with E-state index in [2.05, 4.69) is 29.2 Å². The molecule has 14 heteroatoms. The molecule has 0 unspecified atom stereocenters. The molecular formula is C26H25F3N3O6SU+. The molecule has 1 aromatic heterocycles. The molecule has 4 N–H and O–H groups in total. The average Bonchev–Trinajstić information content (AvgIpc) is 3.36. The standard InChI is InChI=1S/C25H25N3O6S.CF3.U/c1-4-5-6-21(29)19-10-7-17(13-16(19)2)8-12-24-26-23(15-35-24)28(32,33)27-20-11-9-18(25(30)31)14-22(20)34-3;2-1(3)4;/h7,9-11,13-15,27,32-33H,2,4-6H2,1,3H3,(H,30,31);;/q;-1;+2. The smallest absolute Gasteiger partial charge is 0.494 e. The predicted octanol–water partition coefficient (Wildman–Crippen LogP) is 6.26. The summed E-state index contributed by atoms with van der Waals surface area (Å²) in [4.78, 5) is 25.7. The molecule has 3 aromatic rings. The van der Waals surface area contributed by atoms with Gasteiger partial charge in [0.2, 0.25) is 0 Å². The Morgan fingerprint density at radius 3 is 2.42 bits per heavy atom. The summed E-state index contributed by atoms with van der Waals surface area (Å²) in [6.45, 7) is 2.90. The summed E-state index contributed by atoms with van der Waals surface area (Å²) in [5, 5.41) is 31.8. The Kier molecular flexibility index (Phi) is 14.2. The van der Waals surface area contributed by atoms with Gasteiger partial charge in [0.25, 0.3) is 0 Å². The first-order valence-corrected chi connectivity index (χ1v) is 12.1. The minimum atomic E-state index is -3.08. The van der Waals surface area contributed by atoms with Crippen LogP contribution in [0, 0.1) is 56.6 Å². The molecule has 0 amide bonds. The predicted molar refractivity (Wildman–Crippen MR) is 138 cm³/mol. The number of aromatic nitrogens is 1. The zero-order valence-corrected chi connectivity index (χ0v) is 26.4. The molecule has 9 nitrogen and oxygen atoms in total. The fourth-order valence-corrected chi connectivity index (χ4v) is 3.82. The number of quaternary nitrogens is 1. The van der Waals surface area contributed by atoms with Gasteiger partial charge < -0.3 is 27.8 Å². The second-order valence-corrected chi connectivity index (χ2v) is 8.67. The first kappa shape index (κ1) is 35.0. The van der Waals surface area contributed by atoms with Crippen molar-refractivity contribution in [2.45, 2.75) is 26.2 Å². The van der Waals surface area contributed by atoms with E-state index >= 15 is 0 Å². The monoisotopic (exact) mass is 802 g/mol. The van der Waals surface area contributed by atoms with Gasteiger partial charge in [-0.3, -0.25) is 0 Å². The molecule has 0 fully saturated rings. The van der Waals surface area contributed by atoms with Crippen molar-refractivity contribution in [3.63, 3.8) is 0 Å². The van der Waals surface area contributed by atoms with Gasteiger partial charge in [-0.15, -0.1) is 33.9 Å². The summed E-state index contributed by atoms with van der Waals surface area (Å²) >= 11 is 1.10. The SMILES string of the molecule is F[C-](F)F.[CH2-]c1cc(C#Cc2nc([N+](O)(O)Nc3ccc(C(=O)O)cc3OC)cs2)ccc1C(=O)CCCC.[U+2]. The Bertz CT molecular complexity index is 1370. The van der Waals surface area contributed by atoms with Crippen LogP contribution >= 0.6 is 11.3 Å². The van der Waals surface area contributed by atoms with Crippen LogP contribution in [0.4, 0.5) is 24.7 Å². The summed E-state index contributed by atoms with van der Waals surface area (Å²) in [6.07, 6.45) is 2.26. The van der Waals surface area contributed by atoms with Crippen molar-refractivity contribution in [1.29, 1.82) is 0 Å². The third-order valence-corrected chi connectivity index (χ3v) is 5.76. The number of carboxylic acids is 1. The normalized spacial score (nSPS) is 10.4. The Hall–Kier alpha value is -3.04. The van der Waals surface area contributed by atoms with Gasteiger partial charge in [-0.2, -0.15) is 22.9 Å². The number of Topliss-reactive ketones (excluding diaryl/α,β-unsaturated/α-hetero) is 1. The largest absolute Gasteiger partial charge is 2.00 e. The van der Waals surface area contributed by atoms with Crippen molar-refractivity contribution >= 4 is 34.6 Å². The number of carboxylic acid groups (broad SMARTS) is 1. The van der Waals surface area contributed by atoms with E-state index in [9.17, 15) is 33.2 Å². The van der Waals surface area contributed by atoms with Gasteiger partial charge in [0, 0.05) is 0 Å². The zero-order valence-electron chi connectivity index (χ0n) is 21.4. The zero-order chi connectivity index (χ0) is 29.2. The maximum absolute atomic E-state index is 12.3. The van der Waals surface area contributed by atoms with E-state index in [4.69, 9.17) is 9.84 Å². The number of nitrogens with one attached hydrogen (secondary N) is 1. The quantitative estimate of drug-likeness (QED) is 0.0657. The number of hydrogen-bond acceptors (Lipinski definition) is 8. The Morgan fingerprint density at radius 2 is 1.85 bits per heavy atom. The van der Waals surface area contributed by atoms with Crippen LogP contribution in [0.1, 0.15) is 63.0 Å². The van der Waals surface area contributed by atoms with E-state index in [1.54, 1.807) is 18.2 Å². The number of hydrogen-bond donors (Lipinski definition) is 4. The number of halogens is 3. The third kappa shape index (κ3) is 10.5. The van der Waals surface area contributed by atoms with Crippen LogP contribution in [0.5, 0.6) is 5.75 Å². The number of anilines is 1. The molecule has 2 aromatic carbocycles. The number of nitrogens with zero attached hydrogens (tertiary/aromatic N) is 2. The van der Waals surface area contributed by atoms with Crippen LogP contribution in [0.2, 0.25) is 0 Å². The first-order chi connectivity index (χ1) is 18.4. The Morgan fingerprint density at radius 1 is 1.18 bits per heavy atom. The molecule has 210 valence electrons. The second kappa shape index (κ2) is 16.3. The van der Waals surface area contributed by atoms with Gasteiger partial charge >= 0.3 is 42.9 Å². The van der Waals surface area contributed by atoms with Crippen LogP contribution < -0.4 is 15.1 Å². The fourth-order valence-electron chi connectivity index (χ4n) is 3.15. The second-order valence-electron chi connectivity index (χ2n) is 7.81. The number of benzene rings is 2. The summed E-state index contributed by atoms with van der Waals surface area (Å²) in [5.41, 5.74) is 4.39. The maximum Gasteiger partial charge on any atom is 2.00 e. The number of carbonyl (C=O) groups excluding carboxylic acids is 1.